The summed E-state index contributed by atoms with van der Waals surface area (Å²) in [6.07, 6.45) is 0. The number of hydrogen-bond acceptors (Lipinski definition) is 5. The monoisotopic (exact) mass is 396 g/mol. The normalized spacial score (nSPS) is 14.2. The Bertz CT molecular complexity index is 949. The third kappa shape index (κ3) is 3.70. The average molecular weight is 397 g/mol. The van der Waals surface area contributed by atoms with Crippen molar-refractivity contribution in [1.29, 1.82) is 0 Å². The van der Waals surface area contributed by atoms with Crippen LogP contribution in [0.1, 0.15) is 16.7 Å². The van der Waals surface area contributed by atoms with Gasteiger partial charge in [-0.25, -0.2) is 4.90 Å². The second-order valence-corrected chi connectivity index (χ2v) is 8.04. The molecule has 0 saturated carbocycles. The lowest BCUT2D eigenvalue weighted by atomic mass is 10.0. The van der Waals surface area contributed by atoms with Gasteiger partial charge in [-0.1, -0.05) is 18.2 Å². The molecule has 0 aromatic heterocycles. The highest BCUT2D eigenvalue weighted by Gasteiger charge is 2.40. The van der Waals surface area contributed by atoms with Crippen LogP contribution in [0.25, 0.3) is 5.57 Å². The molecule has 0 unspecified atom stereocenters. The maximum atomic E-state index is 13.3. The Morgan fingerprint density at radius 1 is 0.964 bits per heavy atom. The van der Waals surface area contributed by atoms with Crippen molar-refractivity contribution in [2.75, 3.05) is 36.3 Å². The van der Waals surface area contributed by atoms with Gasteiger partial charge in [-0.3, -0.25) is 9.59 Å². The summed E-state index contributed by atoms with van der Waals surface area (Å²) >= 11 is 1.22. The molecule has 0 radical (unpaired) electrons. The predicted octanol–water partition coefficient (Wildman–Crippen LogP) is 3.38. The quantitative estimate of drug-likeness (QED) is 0.759. The van der Waals surface area contributed by atoms with Crippen LogP contribution in [0.15, 0.2) is 47.4 Å². The van der Waals surface area contributed by atoms with Crippen molar-refractivity contribution in [3.63, 3.8) is 0 Å². The Hall–Kier alpha value is -2.57. The topological polar surface area (TPSA) is 60.9 Å². The lowest BCUT2D eigenvalue weighted by Gasteiger charge is -2.18. The molecular formula is C22H24N2O3S. The Balaban J connectivity index is 2.04. The van der Waals surface area contributed by atoms with Crippen LogP contribution in [0.5, 0.6) is 0 Å². The minimum atomic E-state index is -0.339. The smallest absolute Gasteiger partial charge is 0.272 e. The van der Waals surface area contributed by atoms with Crippen LogP contribution in [0, 0.1) is 13.8 Å². The number of aryl methyl sites for hydroxylation is 2. The van der Waals surface area contributed by atoms with E-state index in [1.54, 1.807) is 12.1 Å². The molecule has 0 saturated heterocycles. The van der Waals surface area contributed by atoms with Gasteiger partial charge in [-0.05, 0) is 54.8 Å². The van der Waals surface area contributed by atoms with E-state index in [2.05, 4.69) is 0 Å². The van der Waals surface area contributed by atoms with Gasteiger partial charge in [-0.15, -0.1) is 11.8 Å². The molecule has 6 heteroatoms. The highest BCUT2D eigenvalue weighted by atomic mass is 32.2. The van der Waals surface area contributed by atoms with Crippen molar-refractivity contribution >= 4 is 40.5 Å². The number of hydrogen-bond donors (Lipinski definition) is 1. The summed E-state index contributed by atoms with van der Waals surface area (Å²) in [5.74, 6) is -0.309. The maximum absolute atomic E-state index is 13.3. The molecule has 1 heterocycles. The van der Waals surface area contributed by atoms with Crippen LogP contribution in [-0.2, 0) is 9.59 Å². The summed E-state index contributed by atoms with van der Waals surface area (Å²) in [6, 6.07) is 13.1. The zero-order valence-corrected chi connectivity index (χ0v) is 17.3. The average Bonchev–Trinajstić information content (AvgIpc) is 2.92. The zero-order valence-electron chi connectivity index (χ0n) is 16.5. The fraction of sp³-hybridized carbons (Fsp3) is 0.273. The lowest BCUT2D eigenvalue weighted by Crippen LogP contribution is -2.31. The van der Waals surface area contributed by atoms with E-state index >= 15 is 0 Å². The van der Waals surface area contributed by atoms with Gasteiger partial charge in [0.25, 0.3) is 11.8 Å². The molecule has 5 nitrogen and oxygen atoms in total. The first-order valence-corrected chi connectivity index (χ1v) is 10.1. The number of anilines is 2. The van der Waals surface area contributed by atoms with E-state index in [0.29, 0.717) is 21.9 Å². The minimum absolute atomic E-state index is 0.0621. The van der Waals surface area contributed by atoms with Crippen LogP contribution in [0.3, 0.4) is 0 Å². The molecule has 1 N–H and O–H groups in total. The molecule has 0 atom stereocenters. The van der Waals surface area contributed by atoms with E-state index in [-0.39, 0.29) is 18.4 Å². The second-order valence-electron chi connectivity index (χ2n) is 6.93. The molecule has 1 aliphatic rings. The number of aliphatic hydroxyl groups is 1. The van der Waals surface area contributed by atoms with Gasteiger partial charge in [0.2, 0.25) is 0 Å². The summed E-state index contributed by atoms with van der Waals surface area (Å²) < 4.78 is 0. The molecule has 0 fully saturated rings. The summed E-state index contributed by atoms with van der Waals surface area (Å²) in [5, 5.41) is 9.22. The van der Waals surface area contributed by atoms with Crippen molar-refractivity contribution in [2.24, 2.45) is 0 Å². The maximum Gasteiger partial charge on any atom is 0.272 e. The fourth-order valence-electron chi connectivity index (χ4n) is 3.08. The van der Waals surface area contributed by atoms with Gasteiger partial charge in [0.1, 0.15) is 0 Å². The summed E-state index contributed by atoms with van der Waals surface area (Å²) in [7, 11) is 3.87. The third-order valence-electron chi connectivity index (χ3n) is 4.80. The number of nitrogens with zero attached hydrogens (tertiary/aromatic N) is 2. The van der Waals surface area contributed by atoms with E-state index in [1.807, 2.05) is 63.2 Å². The lowest BCUT2D eigenvalue weighted by molar-refractivity contribution is -0.119. The highest BCUT2D eigenvalue weighted by molar-refractivity contribution is 8.04. The van der Waals surface area contributed by atoms with Crippen molar-refractivity contribution in [1.82, 2.24) is 0 Å². The van der Waals surface area contributed by atoms with E-state index in [4.69, 9.17) is 0 Å². The van der Waals surface area contributed by atoms with Gasteiger partial charge in [0, 0.05) is 25.5 Å². The Kier molecular flexibility index (Phi) is 5.91. The van der Waals surface area contributed by atoms with Crippen LogP contribution >= 0.6 is 11.8 Å². The number of amides is 2. The fourth-order valence-corrected chi connectivity index (χ4v) is 3.94. The van der Waals surface area contributed by atoms with Crippen molar-refractivity contribution < 1.29 is 14.7 Å². The van der Waals surface area contributed by atoms with E-state index in [0.717, 1.165) is 22.4 Å². The first kappa shape index (κ1) is 20.2. The molecule has 146 valence electrons. The summed E-state index contributed by atoms with van der Waals surface area (Å²) in [5.41, 5.74) is 4.85. The molecule has 0 spiro atoms. The predicted molar refractivity (Wildman–Crippen MR) is 116 cm³/mol. The Morgan fingerprint density at radius 3 is 2.21 bits per heavy atom. The largest absolute Gasteiger partial charge is 0.396 e. The van der Waals surface area contributed by atoms with Crippen LogP contribution in [0.4, 0.5) is 11.4 Å². The van der Waals surface area contributed by atoms with Crippen LogP contribution in [-0.4, -0.2) is 43.4 Å². The third-order valence-corrected chi connectivity index (χ3v) is 5.85. The number of imide groups is 1. The number of rotatable bonds is 6. The van der Waals surface area contributed by atoms with Crippen molar-refractivity contribution in [3.8, 4) is 0 Å². The molecule has 3 rings (SSSR count). The molecule has 2 aromatic carbocycles. The number of aliphatic hydroxyl groups excluding tert-OH is 1. The van der Waals surface area contributed by atoms with E-state index < -0.39 is 0 Å². The molecule has 2 aromatic rings. The number of carbonyl (C=O) groups is 2. The Labute approximate surface area is 169 Å². The second kappa shape index (κ2) is 8.20. The summed E-state index contributed by atoms with van der Waals surface area (Å²) in [4.78, 5) is 29.9. The molecular weight excluding hydrogens is 372 g/mol. The van der Waals surface area contributed by atoms with Crippen LogP contribution in [0.2, 0.25) is 0 Å². The van der Waals surface area contributed by atoms with Crippen molar-refractivity contribution in [3.05, 3.63) is 64.1 Å². The molecule has 1 aliphatic heterocycles. The first-order chi connectivity index (χ1) is 13.3. The molecule has 2 amide bonds. The van der Waals surface area contributed by atoms with Gasteiger partial charge in [-0.2, -0.15) is 0 Å². The van der Waals surface area contributed by atoms with E-state index in [1.165, 1.54) is 16.7 Å². The van der Waals surface area contributed by atoms with Crippen LogP contribution < -0.4 is 9.80 Å². The van der Waals surface area contributed by atoms with Gasteiger partial charge in [0.15, 0.2) is 0 Å². The van der Waals surface area contributed by atoms with Gasteiger partial charge in [0.05, 0.1) is 22.8 Å². The number of thioether (sulfide) groups is 1. The van der Waals surface area contributed by atoms with Gasteiger partial charge < -0.3 is 10.0 Å². The summed E-state index contributed by atoms with van der Waals surface area (Å²) in [6.45, 7) is 3.93. The highest BCUT2D eigenvalue weighted by Crippen LogP contribution is 2.39. The molecule has 0 aliphatic carbocycles. The Morgan fingerprint density at radius 2 is 1.64 bits per heavy atom. The SMILES string of the molecule is Cc1ccc(C2=C(SCCO)C(=O)N(c3ccc(N(C)C)cc3)C2=O)cc1C. The zero-order chi connectivity index (χ0) is 20.4. The first-order valence-electron chi connectivity index (χ1n) is 9.07. The van der Waals surface area contributed by atoms with Crippen molar-refractivity contribution in [2.45, 2.75) is 13.8 Å². The number of benzene rings is 2. The van der Waals surface area contributed by atoms with E-state index in [9.17, 15) is 14.7 Å². The van der Waals surface area contributed by atoms with Gasteiger partial charge >= 0.3 is 0 Å². The molecule has 28 heavy (non-hydrogen) atoms. The minimum Gasteiger partial charge on any atom is -0.396 e. The molecule has 0 bridgehead atoms. The number of carbonyl (C=O) groups excluding carboxylic acids is 2. The standard InChI is InChI=1S/C22H24N2O3S/c1-14-5-6-16(13-15(14)2)19-20(28-12-11-25)22(27)24(21(19)26)18-9-7-17(8-10-18)23(3)4/h5-10,13,25H,11-12H2,1-4H3.